The van der Waals surface area contributed by atoms with E-state index in [2.05, 4.69) is 14.8 Å². The monoisotopic (exact) mass is 330 g/mol. The molecule has 0 amide bonds. The topological polar surface area (TPSA) is 97.1 Å². The number of hydrogen-bond donors (Lipinski definition) is 2. The molecule has 2 aromatic heterocycles. The van der Waals surface area contributed by atoms with Crippen molar-refractivity contribution < 1.29 is 13.5 Å². The summed E-state index contributed by atoms with van der Waals surface area (Å²) in [5.41, 5.74) is 0. The number of rotatable bonds is 8. The third-order valence-electron chi connectivity index (χ3n) is 2.92. The highest BCUT2D eigenvalue weighted by atomic mass is 32.2. The molecule has 0 bridgehead atoms. The van der Waals surface area contributed by atoms with Crippen molar-refractivity contribution in [3.8, 4) is 0 Å². The first kappa shape index (κ1) is 16.1. The van der Waals surface area contributed by atoms with E-state index in [0.29, 0.717) is 19.4 Å². The predicted octanol–water partition coefficient (Wildman–Crippen LogP) is 1.15. The highest BCUT2D eigenvalue weighted by molar-refractivity contribution is 7.89. The number of hydrogen-bond acceptors (Lipinski definition) is 6. The Kier molecular flexibility index (Phi) is 5.45. The van der Waals surface area contributed by atoms with Crippen LogP contribution in [0.25, 0.3) is 0 Å². The van der Waals surface area contributed by atoms with Gasteiger partial charge < -0.3 is 5.11 Å². The largest absolute Gasteiger partial charge is 0.396 e. The molecule has 2 rings (SSSR count). The van der Waals surface area contributed by atoms with E-state index in [1.165, 1.54) is 28.4 Å². The van der Waals surface area contributed by atoms with Crippen molar-refractivity contribution in [2.75, 3.05) is 6.61 Å². The standard InChI is InChI=1S/C12H18N4O3S2/c1-2-11(12-13-4-7-20-12)15-21(18,19)10-8-14-16(9-10)5-3-6-17/h4,7-9,11,15,17H,2-3,5-6H2,1H3. The lowest BCUT2D eigenvalue weighted by molar-refractivity contribution is 0.277. The van der Waals surface area contributed by atoms with Crippen molar-refractivity contribution in [2.45, 2.75) is 37.2 Å². The predicted molar refractivity (Wildman–Crippen MR) is 79.4 cm³/mol. The number of aliphatic hydroxyl groups excluding tert-OH is 1. The molecule has 9 heteroatoms. The van der Waals surface area contributed by atoms with Crippen molar-refractivity contribution in [3.63, 3.8) is 0 Å². The van der Waals surface area contributed by atoms with E-state index >= 15 is 0 Å². The Morgan fingerprint density at radius 3 is 2.95 bits per heavy atom. The van der Waals surface area contributed by atoms with Gasteiger partial charge in [-0.3, -0.25) is 4.68 Å². The molecule has 0 saturated carbocycles. The van der Waals surface area contributed by atoms with E-state index in [1.807, 2.05) is 12.3 Å². The maximum absolute atomic E-state index is 12.3. The summed E-state index contributed by atoms with van der Waals surface area (Å²) in [5, 5.41) is 15.3. The van der Waals surface area contributed by atoms with E-state index in [0.717, 1.165) is 5.01 Å². The average molecular weight is 330 g/mol. The minimum Gasteiger partial charge on any atom is -0.396 e. The molecule has 0 aliphatic carbocycles. The first-order valence-electron chi connectivity index (χ1n) is 6.62. The molecule has 7 nitrogen and oxygen atoms in total. The fraction of sp³-hybridized carbons (Fsp3) is 0.500. The Hall–Kier alpha value is -1.29. The van der Waals surface area contributed by atoms with Gasteiger partial charge in [-0.05, 0) is 12.8 Å². The quantitative estimate of drug-likeness (QED) is 0.757. The number of aryl methyl sites for hydroxylation is 1. The van der Waals surface area contributed by atoms with Gasteiger partial charge in [0.2, 0.25) is 10.0 Å². The molecule has 0 aliphatic rings. The minimum atomic E-state index is -3.63. The molecule has 21 heavy (non-hydrogen) atoms. The number of thiazole rings is 1. The van der Waals surface area contributed by atoms with Gasteiger partial charge in [-0.2, -0.15) is 5.10 Å². The van der Waals surface area contributed by atoms with E-state index in [4.69, 9.17) is 5.11 Å². The molecule has 2 heterocycles. The van der Waals surface area contributed by atoms with Crippen LogP contribution in [0.2, 0.25) is 0 Å². The summed E-state index contributed by atoms with van der Waals surface area (Å²) in [6, 6.07) is -0.337. The molecule has 0 radical (unpaired) electrons. The Morgan fingerprint density at radius 2 is 2.33 bits per heavy atom. The molecule has 1 atom stereocenters. The van der Waals surface area contributed by atoms with Gasteiger partial charge in [-0.1, -0.05) is 6.92 Å². The molecular formula is C12H18N4O3S2. The van der Waals surface area contributed by atoms with E-state index < -0.39 is 10.0 Å². The van der Waals surface area contributed by atoms with Gasteiger partial charge in [0.15, 0.2) is 0 Å². The summed E-state index contributed by atoms with van der Waals surface area (Å²) in [4.78, 5) is 4.27. The minimum absolute atomic E-state index is 0.0438. The lowest BCUT2D eigenvalue weighted by Gasteiger charge is -2.13. The second-order valence-electron chi connectivity index (χ2n) is 4.47. The van der Waals surface area contributed by atoms with Crippen molar-refractivity contribution >= 4 is 21.4 Å². The third kappa shape index (κ3) is 4.10. The summed E-state index contributed by atoms with van der Waals surface area (Å²) in [6.07, 6.45) is 5.58. The molecule has 0 fully saturated rings. The van der Waals surface area contributed by atoms with Crippen LogP contribution in [-0.4, -0.2) is 34.9 Å². The first-order chi connectivity index (χ1) is 10.1. The highest BCUT2D eigenvalue weighted by Gasteiger charge is 2.23. The number of nitrogens with zero attached hydrogens (tertiary/aromatic N) is 3. The Labute approximate surface area is 127 Å². The second-order valence-corrected chi connectivity index (χ2v) is 7.11. The van der Waals surface area contributed by atoms with E-state index in [1.54, 1.807) is 6.20 Å². The molecule has 0 spiro atoms. The van der Waals surface area contributed by atoms with Crippen molar-refractivity contribution in [1.29, 1.82) is 0 Å². The lowest BCUT2D eigenvalue weighted by Crippen LogP contribution is -2.28. The van der Waals surface area contributed by atoms with Crippen LogP contribution >= 0.6 is 11.3 Å². The zero-order valence-electron chi connectivity index (χ0n) is 11.6. The van der Waals surface area contributed by atoms with Crippen LogP contribution < -0.4 is 4.72 Å². The fourth-order valence-electron chi connectivity index (χ4n) is 1.81. The van der Waals surface area contributed by atoms with Crippen molar-refractivity contribution in [2.24, 2.45) is 0 Å². The van der Waals surface area contributed by atoms with E-state index in [9.17, 15) is 8.42 Å². The van der Waals surface area contributed by atoms with Crippen LogP contribution in [0.3, 0.4) is 0 Å². The highest BCUT2D eigenvalue weighted by Crippen LogP contribution is 2.21. The molecule has 2 N–H and O–H groups in total. The maximum Gasteiger partial charge on any atom is 0.244 e. The average Bonchev–Trinajstić information content (AvgIpc) is 3.13. The van der Waals surface area contributed by atoms with Gasteiger partial charge in [-0.25, -0.2) is 18.1 Å². The molecule has 1 unspecified atom stereocenters. The van der Waals surface area contributed by atoms with Crippen molar-refractivity contribution in [3.05, 3.63) is 29.0 Å². The van der Waals surface area contributed by atoms with Gasteiger partial charge in [0.05, 0.1) is 12.2 Å². The maximum atomic E-state index is 12.3. The van der Waals surface area contributed by atoms with Crippen LogP contribution in [0.1, 0.15) is 30.8 Å². The van der Waals surface area contributed by atoms with Gasteiger partial charge >= 0.3 is 0 Å². The number of aromatic nitrogens is 3. The van der Waals surface area contributed by atoms with Crippen LogP contribution in [0.4, 0.5) is 0 Å². The SMILES string of the molecule is CCC(NS(=O)(=O)c1cnn(CCCO)c1)c1nccs1. The lowest BCUT2D eigenvalue weighted by atomic mass is 10.3. The van der Waals surface area contributed by atoms with Crippen molar-refractivity contribution in [1.82, 2.24) is 19.5 Å². The summed E-state index contributed by atoms with van der Waals surface area (Å²) in [7, 11) is -3.63. The molecule has 116 valence electrons. The first-order valence-corrected chi connectivity index (χ1v) is 8.98. The molecule has 2 aromatic rings. The van der Waals surface area contributed by atoms with E-state index in [-0.39, 0.29) is 17.5 Å². The number of nitrogens with one attached hydrogen (secondary N) is 1. The zero-order chi connectivity index (χ0) is 15.3. The Morgan fingerprint density at radius 1 is 1.52 bits per heavy atom. The molecule has 0 saturated heterocycles. The number of aliphatic hydroxyl groups is 1. The summed E-state index contributed by atoms with van der Waals surface area (Å²) in [6.45, 7) is 2.43. The third-order valence-corrected chi connectivity index (χ3v) is 5.24. The van der Waals surface area contributed by atoms with Gasteiger partial charge in [-0.15, -0.1) is 11.3 Å². The van der Waals surface area contributed by atoms with Crippen LogP contribution in [0.5, 0.6) is 0 Å². The summed E-state index contributed by atoms with van der Waals surface area (Å²) < 4.78 is 28.9. The zero-order valence-corrected chi connectivity index (χ0v) is 13.3. The Balaban J connectivity index is 2.12. The van der Waals surface area contributed by atoms with Gasteiger partial charge in [0.25, 0.3) is 0 Å². The Bertz CT molecular complexity index is 652. The van der Waals surface area contributed by atoms with Gasteiger partial charge in [0, 0.05) is 30.9 Å². The second kappa shape index (κ2) is 7.12. The van der Waals surface area contributed by atoms with Gasteiger partial charge in [0.1, 0.15) is 9.90 Å². The van der Waals surface area contributed by atoms with Crippen LogP contribution in [-0.2, 0) is 16.6 Å². The fourth-order valence-corrected chi connectivity index (χ4v) is 3.89. The molecule has 0 aliphatic heterocycles. The number of sulfonamides is 1. The molecule has 0 aromatic carbocycles. The molecular weight excluding hydrogens is 312 g/mol. The smallest absolute Gasteiger partial charge is 0.244 e. The summed E-state index contributed by atoms with van der Waals surface area (Å²) >= 11 is 1.42. The summed E-state index contributed by atoms with van der Waals surface area (Å²) in [5.74, 6) is 0. The van der Waals surface area contributed by atoms with Crippen LogP contribution in [0, 0.1) is 0 Å². The van der Waals surface area contributed by atoms with Crippen LogP contribution in [0.15, 0.2) is 28.9 Å². The normalized spacial score (nSPS) is 13.4.